The van der Waals surface area contributed by atoms with E-state index >= 15 is 0 Å². The Balaban J connectivity index is 2.32. The van der Waals surface area contributed by atoms with Gasteiger partial charge in [0.15, 0.2) is 0 Å². The van der Waals surface area contributed by atoms with E-state index in [0.717, 1.165) is 13.0 Å². The Morgan fingerprint density at radius 1 is 0.952 bits per heavy atom. The molecule has 0 aromatic heterocycles. The summed E-state index contributed by atoms with van der Waals surface area (Å²) in [6.45, 7) is 7.55. The van der Waals surface area contributed by atoms with Crippen molar-refractivity contribution in [1.29, 1.82) is 0 Å². The molecule has 2 aromatic rings. The van der Waals surface area contributed by atoms with Gasteiger partial charge in [-0.1, -0.05) is 55.5 Å². The number of hydrogen-bond acceptors (Lipinski definition) is 2. The van der Waals surface area contributed by atoms with Crippen LogP contribution in [0.5, 0.6) is 0 Å². The molecule has 21 heavy (non-hydrogen) atoms. The van der Waals surface area contributed by atoms with Crippen LogP contribution in [0.25, 0.3) is 0 Å². The summed E-state index contributed by atoms with van der Waals surface area (Å²) < 4.78 is 0. The minimum absolute atomic E-state index is 0.0238. The zero-order valence-electron chi connectivity index (χ0n) is 13.3. The van der Waals surface area contributed by atoms with Crippen LogP contribution in [-0.4, -0.2) is 12.6 Å². The van der Waals surface area contributed by atoms with Gasteiger partial charge in [-0.05, 0) is 37.5 Å². The van der Waals surface area contributed by atoms with Crippen molar-refractivity contribution in [2.75, 3.05) is 11.4 Å². The van der Waals surface area contributed by atoms with Crippen LogP contribution in [0.3, 0.4) is 0 Å². The minimum atomic E-state index is 0.0238. The van der Waals surface area contributed by atoms with Crippen molar-refractivity contribution in [3.63, 3.8) is 0 Å². The van der Waals surface area contributed by atoms with E-state index in [4.69, 9.17) is 5.73 Å². The molecule has 0 heterocycles. The first kappa shape index (κ1) is 15.6. The number of rotatable bonds is 6. The molecule has 112 valence electrons. The van der Waals surface area contributed by atoms with E-state index in [1.165, 1.54) is 16.8 Å². The lowest BCUT2D eigenvalue weighted by Gasteiger charge is -2.37. The van der Waals surface area contributed by atoms with Crippen molar-refractivity contribution >= 4 is 5.69 Å². The molecular weight excluding hydrogens is 256 g/mol. The van der Waals surface area contributed by atoms with E-state index in [0.29, 0.717) is 6.04 Å². The monoisotopic (exact) mass is 282 g/mol. The molecule has 2 nitrogen and oxygen atoms in total. The zero-order chi connectivity index (χ0) is 15.2. The summed E-state index contributed by atoms with van der Waals surface area (Å²) in [6, 6.07) is 19.3. The summed E-state index contributed by atoms with van der Waals surface area (Å²) in [5.74, 6) is 0. The molecular formula is C19H26N2. The molecule has 0 aliphatic carbocycles. The van der Waals surface area contributed by atoms with Crippen LogP contribution in [0.1, 0.15) is 37.4 Å². The molecule has 2 unspecified atom stereocenters. The smallest absolute Gasteiger partial charge is 0.0501 e. The second kappa shape index (κ2) is 7.28. The van der Waals surface area contributed by atoms with Crippen molar-refractivity contribution in [2.24, 2.45) is 5.73 Å². The summed E-state index contributed by atoms with van der Waals surface area (Å²) >= 11 is 0. The lowest BCUT2D eigenvalue weighted by atomic mass is 9.96. The van der Waals surface area contributed by atoms with Gasteiger partial charge in [-0.25, -0.2) is 0 Å². The van der Waals surface area contributed by atoms with E-state index in [1.54, 1.807) is 0 Å². The van der Waals surface area contributed by atoms with Crippen LogP contribution in [-0.2, 0) is 0 Å². The second-order valence-electron chi connectivity index (χ2n) is 5.48. The number of anilines is 1. The van der Waals surface area contributed by atoms with Crippen molar-refractivity contribution < 1.29 is 0 Å². The van der Waals surface area contributed by atoms with Gasteiger partial charge in [0, 0.05) is 18.3 Å². The molecule has 0 amide bonds. The number of nitrogens with two attached hydrogens (primary N) is 1. The fourth-order valence-electron chi connectivity index (χ4n) is 3.03. The third-order valence-corrected chi connectivity index (χ3v) is 4.18. The van der Waals surface area contributed by atoms with Gasteiger partial charge in [-0.15, -0.1) is 0 Å². The number of nitrogens with zero attached hydrogens (tertiary/aromatic N) is 1. The van der Waals surface area contributed by atoms with Crippen LogP contribution < -0.4 is 10.6 Å². The van der Waals surface area contributed by atoms with E-state index in [9.17, 15) is 0 Å². The molecule has 0 bridgehead atoms. The summed E-state index contributed by atoms with van der Waals surface area (Å²) in [4.78, 5) is 2.44. The lowest BCUT2D eigenvalue weighted by Crippen LogP contribution is -2.43. The molecule has 0 fully saturated rings. The summed E-state index contributed by atoms with van der Waals surface area (Å²) in [6.07, 6.45) is 1.03. The first-order valence-corrected chi connectivity index (χ1v) is 7.81. The molecule has 2 N–H and O–H groups in total. The van der Waals surface area contributed by atoms with E-state index in [-0.39, 0.29) is 6.04 Å². The molecule has 0 spiro atoms. The van der Waals surface area contributed by atoms with Gasteiger partial charge in [0.25, 0.3) is 0 Å². The topological polar surface area (TPSA) is 29.3 Å². The largest absolute Gasteiger partial charge is 0.367 e. The van der Waals surface area contributed by atoms with E-state index in [1.807, 2.05) is 6.07 Å². The van der Waals surface area contributed by atoms with Crippen LogP contribution in [0, 0.1) is 6.92 Å². The van der Waals surface area contributed by atoms with Gasteiger partial charge >= 0.3 is 0 Å². The SMILES string of the molecule is CCC(C(N)c1ccccc1)N(CC)c1ccccc1C. The first-order valence-electron chi connectivity index (χ1n) is 7.81. The average molecular weight is 282 g/mol. The molecule has 0 saturated heterocycles. The van der Waals surface area contributed by atoms with Crippen molar-refractivity contribution in [3.05, 3.63) is 65.7 Å². The Labute approximate surface area is 128 Å². The fourth-order valence-corrected chi connectivity index (χ4v) is 3.03. The molecule has 2 aromatic carbocycles. The third kappa shape index (κ3) is 3.45. The number of para-hydroxylation sites is 1. The molecule has 0 saturated carbocycles. The van der Waals surface area contributed by atoms with E-state index in [2.05, 4.69) is 74.2 Å². The molecule has 0 aliphatic heterocycles. The van der Waals surface area contributed by atoms with Gasteiger partial charge in [0.1, 0.15) is 0 Å². The van der Waals surface area contributed by atoms with E-state index < -0.39 is 0 Å². The van der Waals surface area contributed by atoms with Gasteiger partial charge in [-0.3, -0.25) is 0 Å². The molecule has 2 rings (SSSR count). The fraction of sp³-hybridized carbons (Fsp3) is 0.368. The predicted octanol–water partition coefficient (Wildman–Crippen LogP) is 4.30. The summed E-state index contributed by atoms with van der Waals surface area (Å²) in [7, 11) is 0. The highest BCUT2D eigenvalue weighted by Crippen LogP contribution is 2.28. The van der Waals surface area contributed by atoms with Crippen LogP contribution in [0.4, 0.5) is 5.69 Å². The highest BCUT2D eigenvalue weighted by molar-refractivity contribution is 5.54. The summed E-state index contributed by atoms with van der Waals surface area (Å²) in [5.41, 5.74) is 10.4. The molecule has 2 atom stereocenters. The normalized spacial score (nSPS) is 13.7. The Kier molecular flexibility index (Phi) is 5.40. The molecule has 0 aliphatic rings. The van der Waals surface area contributed by atoms with Gasteiger partial charge < -0.3 is 10.6 Å². The number of aryl methyl sites for hydroxylation is 1. The Morgan fingerprint density at radius 3 is 2.14 bits per heavy atom. The number of likely N-dealkylation sites (N-methyl/N-ethyl adjacent to an activating group) is 1. The van der Waals surface area contributed by atoms with Crippen molar-refractivity contribution in [3.8, 4) is 0 Å². The molecule has 0 radical (unpaired) electrons. The maximum absolute atomic E-state index is 6.57. The van der Waals surface area contributed by atoms with Crippen LogP contribution in [0.2, 0.25) is 0 Å². The molecule has 2 heteroatoms. The van der Waals surface area contributed by atoms with Gasteiger partial charge in [0.2, 0.25) is 0 Å². The number of hydrogen-bond donors (Lipinski definition) is 1. The second-order valence-corrected chi connectivity index (χ2v) is 5.48. The highest BCUT2D eigenvalue weighted by Gasteiger charge is 2.24. The van der Waals surface area contributed by atoms with Gasteiger partial charge in [-0.2, -0.15) is 0 Å². The minimum Gasteiger partial charge on any atom is -0.367 e. The first-order chi connectivity index (χ1) is 10.2. The Morgan fingerprint density at radius 2 is 1.57 bits per heavy atom. The Bertz CT molecular complexity index is 551. The number of benzene rings is 2. The average Bonchev–Trinajstić information content (AvgIpc) is 2.54. The third-order valence-electron chi connectivity index (χ3n) is 4.18. The lowest BCUT2D eigenvalue weighted by molar-refractivity contribution is 0.490. The van der Waals surface area contributed by atoms with Crippen LogP contribution in [0.15, 0.2) is 54.6 Å². The maximum Gasteiger partial charge on any atom is 0.0501 e. The maximum atomic E-state index is 6.57. The quantitative estimate of drug-likeness (QED) is 0.856. The van der Waals surface area contributed by atoms with Gasteiger partial charge in [0.05, 0.1) is 6.04 Å². The van der Waals surface area contributed by atoms with Crippen molar-refractivity contribution in [1.82, 2.24) is 0 Å². The van der Waals surface area contributed by atoms with Crippen LogP contribution >= 0.6 is 0 Å². The standard InChI is InChI=1S/C19H26N2/c1-4-17(19(20)16-12-7-6-8-13-16)21(5-2)18-14-10-9-11-15(18)3/h6-14,17,19H,4-5,20H2,1-3H3. The highest BCUT2D eigenvalue weighted by atomic mass is 15.2. The van der Waals surface area contributed by atoms with Crippen molar-refractivity contribution in [2.45, 2.75) is 39.3 Å². The summed E-state index contributed by atoms with van der Waals surface area (Å²) in [5, 5.41) is 0. The predicted molar refractivity (Wildman–Crippen MR) is 91.6 cm³/mol. The zero-order valence-corrected chi connectivity index (χ0v) is 13.3. The Hall–Kier alpha value is -1.80.